The van der Waals surface area contributed by atoms with E-state index in [2.05, 4.69) is 46.5 Å². The van der Waals surface area contributed by atoms with Gasteiger partial charge in [0, 0.05) is 30.2 Å². The van der Waals surface area contributed by atoms with Crippen LogP contribution < -0.4 is 15.0 Å². The van der Waals surface area contributed by atoms with Crippen molar-refractivity contribution in [2.75, 3.05) is 37.7 Å². The van der Waals surface area contributed by atoms with Crippen LogP contribution in [0.1, 0.15) is 57.9 Å². The zero-order valence-electron chi connectivity index (χ0n) is 27.9. The zero-order valence-corrected chi connectivity index (χ0v) is 27.9. The van der Waals surface area contributed by atoms with Crippen molar-refractivity contribution in [3.05, 3.63) is 60.3 Å². The van der Waals surface area contributed by atoms with Gasteiger partial charge in [0.15, 0.2) is 5.82 Å². The van der Waals surface area contributed by atoms with E-state index in [1.807, 2.05) is 4.90 Å². The van der Waals surface area contributed by atoms with Crippen molar-refractivity contribution in [3.8, 4) is 35.4 Å². The molecule has 3 fully saturated rings. The molecule has 2 aromatic carbocycles. The highest BCUT2D eigenvalue weighted by Crippen LogP contribution is 2.41. The quantitative estimate of drug-likeness (QED) is 0.180. The minimum atomic E-state index is -0.779. The number of amides is 1. The van der Waals surface area contributed by atoms with Crippen LogP contribution in [0.15, 0.2) is 43.1 Å². The Morgan fingerprint density at radius 1 is 1.16 bits per heavy atom. The Morgan fingerprint density at radius 2 is 1.92 bits per heavy atom. The number of phenols is 1. The summed E-state index contributed by atoms with van der Waals surface area (Å²) in [4.78, 5) is 31.0. The van der Waals surface area contributed by atoms with Crippen molar-refractivity contribution in [1.29, 1.82) is 0 Å². The fraction of sp³-hybridized carbons (Fsp3) is 0.421. The number of pyridine rings is 1. The van der Waals surface area contributed by atoms with Crippen LogP contribution in [0.2, 0.25) is 0 Å². The molecule has 254 valence electrons. The molecule has 11 heteroatoms. The van der Waals surface area contributed by atoms with E-state index in [-0.39, 0.29) is 62.4 Å². The van der Waals surface area contributed by atoms with Gasteiger partial charge in [-0.3, -0.25) is 14.7 Å². The molecule has 5 heterocycles. The molecule has 9 nitrogen and oxygen atoms in total. The Bertz CT molecular complexity index is 2020. The minimum absolute atomic E-state index is 0.0254. The van der Waals surface area contributed by atoms with E-state index in [9.17, 15) is 14.3 Å². The van der Waals surface area contributed by atoms with Gasteiger partial charge < -0.3 is 20.1 Å². The van der Waals surface area contributed by atoms with Crippen LogP contribution >= 0.6 is 0 Å². The Hall–Kier alpha value is -4.82. The smallest absolute Gasteiger partial charge is 0.319 e. The first kappa shape index (κ1) is 32.7. The number of phenolic OH excluding ortho intramolecular Hbond substituents is 1. The molecule has 7 rings (SSSR count). The summed E-state index contributed by atoms with van der Waals surface area (Å²) >= 11 is 0. The molecule has 0 aliphatic carbocycles. The van der Waals surface area contributed by atoms with Gasteiger partial charge in [-0.25, -0.2) is 8.78 Å². The van der Waals surface area contributed by atoms with Gasteiger partial charge in [-0.05, 0) is 86.7 Å². The number of aromatic nitrogens is 3. The highest BCUT2D eigenvalue weighted by Gasteiger charge is 2.45. The molecule has 4 aromatic rings. The molecule has 2 aromatic heterocycles. The lowest BCUT2D eigenvalue weighted by Crippen LogP contribution is -2.50. The summed E-state index contributed by atoms with van der Waals surface area (Å²) in [5.41, 5.74) is -0.417. The van der Waals surface area contributed by atoms with Crippen LogP contribution in [0.3, 0.4) is 0 Å². The number of ether oxygens (including phenoxy) is 1. The first-order valence-electron chi connectivity index (χ1n) is 16.9. The maximum Gasteiger partial charge on any atom is 0.319 e. The second kappa shape index (κ2) is 12.6. The molecule has 0 saturated carbocycles. The van der Waals surface area contributed by atoms with Crippen LogP contribution in [0, 0.1) is 29.4 Å². The largest absolute Gasteiger partial charge is 0.508 e. The van der Waals surface area contributed by atoms with E-state index in [4.69, 9.17) is 16.1 Å². The third kappa shape index (κ3) is 5.82. The van der Waals surface area contributed by atoms with Gasteiger partial charge in [-0.1, -0.05) is 32.4 Å². The number of hydrogen-bond donors (Lipinski definition) is 2. The van der Waals surface area contributed by atoms with Crippen molar-refractivity contribution in [1.82, 2.24) is 25.2 Å². The predicted octanol–water partition coefficient (Wildman–Crippen LogP) is 6.11. The number of rotatable bonds is 7. The minimum Gasteiger partial charge on any atom is -0.508 e. The summed E-state index contributed by atoms with van der Waals surface area (Å²) in [7, 11) is 0. The average Bonchev–Trinajstić information content (AvgIpc) is 3.63. The number of nitrogens with one attached hydrogen (secondary N) is 1. The highest BCUT2D eigenvalue weighted by atomic mass is 19.1. The average molecular weight is 667 g/mol. The molecule has 1 amide bonds. The number of halogens is 2. The first-order valence-corrected chi connectivity index (χ1v) is 16.9. The molecule has 49 heavy (non-hydrogen) atoms. The lowest BCUT2D eigenvalue weighted by molar-refractivity contribution is -0.117. The van der Waals surface area contributed by atoms with Crippen molar-refractivity contribution in [2.24, 2.45) is 5.41 Å². The Labute approximate surface area is 284 Å². The van der Waals surface area contributed by atoms with E-state index in [1.165, 1.54) is 36.5 Å². The van der Waals surface area contributed by atoms with Crippen molar-refractivity contribution >= 4 is 33.4 Å². The number of terminal acetylenes is 1. The maximum absolute atomic E-state index is 17.0. The third-order valence-corrected chi connectivity index (χ3v) is 10.8. The van der Waals surface area contributed by atoms with Crippen molar-refractivity contribution in [2.45, 2.75) is 64.0 Å². The van der Waals surface area contributed by atoms with E-state index in [1.54, 1.807) is 0 Å². The van der Waals surface area contributed by atoms with Gasteiger partial charge in [-0.2, -0.15) is 9.97 Å². The summed E-state index contributed by atoms with van der Waals surface area (Å²) in [5, 5.41) is 14.7. The first-order chi connectivity index (χ1) is 23.5. The van der Waals surface area contributed by atoms with E-state index in [0.29, 0.717) is 36.3 Å². The molecule has 0 radical (unpaired) electrons. The third-order valence-electron chi connectivity index (χ3n) is 10.8. The Balaban J connectivity index is 1.38. The summed E-state index contributed by atoms with van der Waals surface area (Å²) in [6.07, 6.45) is 14.3. The van der Waals surface area contributed by atoms with Gasteiger partial charge >= 0.3 is 6.01 Å². The normalized spacial score (nSPS) is 20.1. The fourth-order valence-electron chi connectivity index (χ4n) is 8.05. The van der Waals surface area contributed by atoms with Gasteiger partial charge in [0.05, 0.1) is 22.5 Å². The van der Waals surface area contributed by atoms with Crippen molar-refractivity contribution in [3.63, 3.8) is 0 Å². The molecular weight excluding hydrogens is 626 g/mol. The molecule has 1 atom stereocenters. The van der Waals surface area contributed by atoms with E-state index >= 15 is 4.39 Å². The molecule has 3 saturated heterocycles. The second-order valence-electron chi connectivity index (χ2n) is 14.2. The topological polar surface area (TPSA) is 104 Å². The summed E-state index contributed by atoms with van der Waals surface area (Å²) < 4.78 is 38.3. The van der Waals surface area contributed by atoms with Gasteiger partial charge in [0.2, 0.25) is 5.91 Å². The summed E-state index contributed by atoms with van der Waals surface area (Å²) in [6.45, 7) is 11.3. The van der Waals surface area contributed by atoms with Crippen LogP contribution in [0.5, 0.6) is 11.8 Å². The number of nitrogens with zero attached hydrogens (tertiary/aromatic N) is 5. The standard InChI is InChI=1S/C38H40F2N6O3/c1-5-25-28(39)11-10-23-18-24(47)19-26(31(23)25)33-32(40)34-27(20-41-33)35(45-15-7-12-37(3,4)29(21-45)42-30(48)6-2)44-36(43-34)49-22-38-13-8-16-46(38)17-9-14-38/h1,6,10-11,18-20,29,47H,2,7-9,12-17,21-22H2,3-4H3,(H,42,48)/t29-/m1/s1. The summed E-state index contributed by atoms with van der Waals surface area (Å²) in [6, 6.07) is 5.26. The lowest BCUT2D eigenvalue weighted by Gasteiger charge is -2.35. The SMILES string of the molecule is C#Cc1c(F)ccc2cc(O)cc(-c3ncc4c(N5CCCC(C)(C)[C@H](NC(=O)C=C)C5)nc(OCC56CCCN5CCC6)nc4c3F)c12. The van der Waals surface area contributed by atoms with E-state index in [0.717, 1.165) is 51.6 Å². The van der Waals surface area contributed by atoms with Crippen LogP contribution in [0.4, 0.5) is 14.6 Å². The van der Waals surface area contributed by atoms with E-state index < -0.39 is 11.6 Å². The highest BCUT2D eigenvalue weighted by molar-refractivity contribution is 6.03. The van der Waals surface area contributed by atoms with Crippen molar-refractivity contribution < 1.29 is 23.4 Å². The van der Waals surface area contributed by atoms with Crippen LogP contribution in [-0.2, 0) is 4.79 Å². The molecule has 0 bridgehead atoms. The molecule has 3 aliphatic heterocycles. The number of hydrogen-bond acceptors (Lipinski definition) is 8. The Morgan fingerprint density at radius 3 is 2.65 bits per heavy atom. The summed E-state index contributed by atoms with van der Waals surface area (Å²) in [5.74, 6) is 0.981. The number of carbonyl (C=O) groups excluding carboxylic acids is 1. The lowest BCUT2D eigenvalue weighted by atomic mass is 9.81. The molecule has 3 aliphatic rings. The number of anilines is 1. The number of fused-ring (bicyclic) bond motifs is 3. The monoisotopic (exact) mass is 666 g/mol. The molecule has 0 unspecified atom stereocenters. The van der Waals surface area contributed by atoms with Gasteiger partial charge in [-0.15, -0.1) is 6.42 Å². The molecule has 2 N–H and O–H groups in total. The zero-order chi connectivity index (χ0) is 34.5. The van der Waals surface area contributed by atoms with Gasteiger partial charge in [0.1, 0.15) is 35.2 Å². The maximum atomic E-state index is 17.0. The van der Waals surface area contributed by atoms with Crippen LogP contribution in [0.25, 0.3) is 32.9 Å². The van der Waals surface area contributed by atoms with Crippen LogP contribution in [-0.4, -0.2) is 75.2 Å². The molecule has 0 spiro atoms. The number of benzene rings is 2. The number of carbonyl (C=O) groups is 1. The Kier molecular flexibility index (Phi) is 8.39. The fourth-order valence-corrected chi connectivity index (χ4v) is 8.05. The predicted molar refractivity (Wildman–Crippen MR) is 185 cm³/mol. The molecular formula is C38H40F2N6O3. The van der Waals surface area contributed by atoms with Gasteiger partial charge in [0.25, 0.3) is 0 Å². The number of aromatic hydroxyl groups is 1. The second-order valence-corrected chi connectivity index (χ2v) is 14.2.